The minimum Gasteiger partial charge on any atom is -0.497 e. The Bertz CT molecular complexity index is 1190. The average molecular weight is 480 g/mol. The Kier molecular flexibility index (Phi) is 6.29. The maximum atomic E-state index is 12.8. The van der Waals surface area contributed by atoms with E-state index in [2.05, 4.69) is 15.5 Å². The summed E-state index contributed by atoms with van der Waals surface area (Å²) in [6.45, 7) is 3.63. The summed E-state index contributed by atoms with van der Waals surface area (Å²) in [4.78, 5) is 53.2. The summed E-state index contributed by atoms with van der Waals surface area (Å²) in [7, 11) is 1.54. The van der Waals surface area contributed by atoms with Crippen LogP contribution >= 0.6 is 0 Å². The number of hydrogen-bond donors (Lipinski definition) is 2. The maximum Gasteiger partial charge on any atom is 0.329 e. The molecule has 3 aliphatic heterocycles. The van der Waals surface area contributed by atoms with E-state index in [1.807, 2.05) is 16.7 Å². The number of likely N-dealkylation sites (tertiary alicyclic amines) is 1. The van der Waals surface area contributed by atoms with Crippen LogP contribution in [0.3, 0.4) is 0 Å². The first-order valence-corrected chi connectivity index (χ1v) is 11.9. The number of nitrogens with zero attached hydrogens (tertiary/aromatic N) is 3. The SMILES string of the molecule is COc1ccc(N2C(=O)NC(CC(=O)NCCN3CC4CC(C3)c3cccc(=O)n3C4)C2=O)cc1. The van der Waals surface area contributed by atoms with Gasteiger partial charge in [0.15, 0.2) is 0 Å². The highest BCUT2D eigenvalue weighted by Gasteiger charge is 2.40. The topological polar surface area (TPSA) is 113 Å². The molecule has 35 heavy (non-hydrogen) atoms. The molecule has 0 saturated carbocycles. The quantitative estimate of drug-likeness (QED) is 0.571. The van der Waals surface area contributed by atoms with E-state index in [0.29, 0.717) is 36.4 Å². The van der Waals surface area contributed by atoms with Gasteiger partial charge in [-0.05, 0) is 42.7 Å². The van der Waals surface area contributed by atoms with Crippen LogP contribution in [0.2, 0.25) is 0 Å². The van der Waals surface area contributed by atoms with Gasteiger partial charge in [0.2, 0.25) is 5.91 Å². The molecule has 1 aromatic heterocycles. The van der Waals surface area contributed by atoms with Crippen molar-refractivity contribution < 1.29 is 19.1 Å². The van der Waals surface area contributed by atoms with Gasteiger partial charge in [0.1, 0.15) is 11.8 Å². The van der Waals surface area contributed by atoms with E-state index in [4.69, 9.17) is 4.74 Å². The number of methoxy groups -OCH3 is 1. The second-order valence-electron chi connectivity index (χ2n) is 9.39. The molecule has 2 bridgehead atoms. The van der Waals surface area contributed by atoms with Gasteiger partial charge in [0.25, 0.3) is 11.5 Å². The first-order chi connectivity index (χ1) is 16.9. The minimum atomic E-state index is -0.895. The number of rotatable bonds is 7. The minimum absolute atomic E-state index is 0.0667. The monoisotopic (exact) mass is 479 g/mol. The predicted octanol–water partition coefficient (Wildman–Crippen LogP) is 0.907. The van der Waals surface area contributed by atoms with Crippen LogP contribution in [0.5, 0.6) is 5.75 Å². The molecule has 2 saturated heterocycles. The third-order valence-electron chi connectivity index (χ3n) is 7.04. The molecule has 2 N–H and O–H groups in total. The molecule has 0 spiro atoms. The number of anilines is 1. The zero-order valence-corrected chi connectivity index (χ0v) is 19.6. The number of ether oxygens (including phenoxy) is 1. The van der Waals surface area contributed by atoms with E-state index < -0.39 is 18.0 Å². The van der Waals surface area contributed by atoms with Crippen LogP contribution in [0.1, 0.15) is 24.5 Å². The Labute approximate surface area is 202 Å². The molecule has 2 fully saturated rings. The van der Waals surface area contributed by atoms with Gasteiger partial charge in [-0.2, -0.15) is 0 Å². The first-order valence-electron chi connectivity index (χ1n) is 11.9. The van der Waals surface area contributed by atoms with Crippen LogP contribution in [0.4, 0.5) is 10.5 Å². The van der Waals surface area contributed by atoms with Gasteiger partial charge in [-0.3, -0.25) is 14.4 Å². The number of fused-ring (bicyclic) bond motifs is 4. The molecule has 3 atom stereocenters. The molecular formula is C25H29N5O5. The van der Waals surface area contributed by atoms with E-state index in [0.717, 1.165) is 36.6 Å². The second kappa shape index (κ2) is 9.53. The van der Waals surface area contributed by atoms with Crippen LogP contribution < -0.4 is 25.8 Å². The summed E-state index contributed by atoms with van der Waals surface area (Å²) in [5, 5.41) is 5.48. The molecule has 0 aliphatic carbocycles. The molecule has 10 nitrogen and oxygen atoms in total. The van der Waals surface area contributed by atoms with Gasteiger partial charge in [0.05, 0.1) is 19.2 Å². The zero-order chi connectivity index (χ0) is 24.5. The number of hydrogen-bond acceptors (Lipinski definition) is 6. The van der Waals surface area contributed by atoms with Gasteiger partial charge in [-0.15, -0.1) is 0 Å². The standard InChI is InChI=1S/C25H29N5O5/c1-35-19-7-5-18(6-8-19)30-24(33)20(27-25(30)34)12-22(31)26-9-10-28-13-16-11-17(15-28)21-3-2-4-23(32)29(21)14-16/h2-8,16-17,20H,9-15H2,1H3,(H,26,31)(H,27,34). The number of aromatic nitrogens is 1. The van der Waals surface area contributed by atoms with Crippen LogP contribution in [-0.2, 0) is 16.1 Å². The van der Waals surface area contributed by atoms with Crippen molar-refractivity contribution >= 4 is 23.5 Å². The highest BCUT2D eigenvalue weighted by Crippen LogP contribution is 2.34. The van der Waals surface area contributed by atoms with Crippen LogP contribution in [0.25, 0.3) is 0 Å². The van der Waals surface area contributed by atoms with Crippen molar-refractivity contribution in [1.29, 1.82) is 0 Å². The van der Waals surface area contributed by atoms with Gasteiger partial charge in [-0.25, -0.2) is 9.69 Å². The van der Waals surface area contributed by atoms with Crippen molar-refractivity contribution in [1.82, 2.24) is 20.1 Å². The third kappa shape index (κ3) is 4.66. The summed E-state index contributed by atoms with van der Waals surface area (Å²) in [5.74, 6) is 0.629. The summed E-state index contributed by atoms with van der Waals surface area (Å²) >= 11 is 0. The van der Waals surface area contributed by atoms with Gasteiger partial charge in [-0.1, -0.05) is 6.07 Å². The van der Waals surface area contributed by atoms with E-state index in [1.165, 1.54) is 7.11 Å². The Morgan fingerprint density at radius 1 is 1.09 bits per heavy atom. The number of amides is 4. The van der Waals surface area contributed by atoms with Gasteiger partial charge < -0.3 is 24.8 Å². The fourth-order valence-corrected chi connectivity index (χ4v) is 5.43. The number of pyridine rings is 1. The van der Waals surface area contributed by atoms with Crippen molar-refractivity contribution in [2.75, 3.05) is 38.2 Å². The number of carbonyl (C=O) groups is 3. The molecule has 0 radical (unpaired) electrons. The Hall–Kier alpha value is -3.66. The Morgan fingerprint density at radius 2 is 1.89 bits per heavy atom. The summed E-state index contributed by atoms with van der Waals surface area (Å²) in [6, 6.07) is 10.6. The van der Waals surface area contributed by atoms with Crippen molar-refractivity contribution in [2.24, 2.45) is 5.92 Å². The average Bonchev–Trinajstić information content (AvgIpc) is 3.12. The lowest BCUT2D eigenvalue weighted by atomic mass is 9.83. The lowest BCUT2D eigenvalue weighted by molar-refractivity contribution is -0.125. The summed E-state index contributed by atoms with van der Waals surface area (Å²) in [6.07, 6.45) is 0.971. The second-order valence-corrected chi connectivity index (χ2v) is 9.39. The summed E-state index contributed by atoms with van der Waals surface area (Å²) < 4.78 is 7.01. The molecule has 10 heteroatoms. The largest absolute Gasteiger partial charge is 0.497 e. The maximum absolute atomic E-state index is 12.8. The predicted molar refractivity (Wildman–Crippen MR) is 128 cm³/mol. The van der Waals surface area contributed by atoms with Gasteiger partial charge >= 0.3 is 6.03 Å². The van der Waals surface area contributed by atoms with Crippen LogP contribution in [0.15, 0.2) is 47.3 Å². The molecule has 184 valence electrons. The number of benzene rings is 1. The fraction of sp³-hybridized carbons (Fsp3) is 0.440. The number of piperidine rings is 1. The van der Waals surface area contributed by atoms with Gasteiger partial charge in [0, 0.05) is 50.4 Å². The summed E-state index contributed by atoms with van der Waals surface area (Å²) in [5.41, 5.74) is 1.59. The molecule has 2 aromatic rings. The Balaban J connectivity index is 1.11. The molecule has 4 amide bonds. The smallest absolute Gasteiger partial charge is 0.329 e. The lowest BCUT2D eigenvalue weighted by Crippen LogP contribution is -2.49. The highest BCUT2D eigenvalue weighted by molar-refractivity contribution is 6.22. The lowest BCUT2D eigenvalue weighted by Gasteiger charge is -2.42. The van der Waals surface area contributed by atoms with Crippen molar-refractivity contribution in [3.05, 3.63) is 58.5 Å². The van der Waals surface area contributed by atoms with Crippen LogP contribution in [0, 0.1) is 5.92 Å². The normalized spacial score (nSPS) is 23.6. The number of nitrogens with one attached hydrogen (secondary N) is 2. The molecule has 5 rings (SSSR count). The van der Waals surface area contributed by atoms with E-state index in [-0.39, 0.29) is 17.9 Å². The molecule has 1 aromatic carbocycles. The zero-order valence-electron chi connectivity index (χ0n) is 19.6. The number of urea groups is 1. The Morgan fingerprint density at radius 3 is 2.66 bits per heavy atom. The van der Waals surface area contributed by atoms with Crippen molar-refractivity contribution in [3.63, 3.8) is 0 Å². The van der Waals surface area contributed by atoms with Crippen LogP contribution in [-0.4, -0.2) is 66.6 Å². The third-order valence-corrected chi connectivity index (χ3v) is 7.04. The molecule has 4 heterocycles. The first kappa shape index (κ1) is 23.1. The molecule has 3 aliphatic rings. The van der Waals surface area contributed by atoms with Crippen molar-refractivity contribution in [2.45, 2.75) is 31.3 Å². The number of carbonyl (C=O) groups excluding carboxylic acids is 3. The molecular weight excluding hydrogens is 450 g/mol. The van der Waals surface area contributed by atoms with E-state index >= 15 is 0 Å². The van der Waals surface area contributed by atoms with Crippen molar-refractivity contribution in [3.8, 4) is 5.75 Å². The fourth-order valence-electron chi connectivity index (χ4n) is 5.43. The number of imide groups is 1. The molecule has 3 unspecified atom stereocenters. The van der Waals surface area contributed by atoms with E-state index in [9.17, 15) is 19.2 Å². The highest BCUT2D eigenvalue weighted by atomic mass is 16.5. The van der Waals surface area contributed by atoms with E-state index in [1.54, 1.807) is 30.3 Å².